The van der Waals surface area contributed by atoms with Crippen molar-refractivity contribution < 1.29 is 13.5 Å². The van der Waals surface area contributed by atoms with Gasteiger partial charge in [-0.25, -0.2) is 8.78 Å². The summed E-state index contributed by atoms with van der Waals surface area (Å²) in [5.41, 5.74) is 1.32. The van der Waals surface area contributed by atoms with Gasteiger partial charge in [0.05, 0.1) is 5.02 Å². The van der Waals surface area contributed by atoms with Crippen LogP contribution in [-0.2, 0) is 12.8 Å². The van der Waals surface area contributed by atoms with Gasteiger partial charge < -0.3 is 4.74 Å². The van der Waals surface area contributed by atoms with Crippen LogP contribution in [0.5, 0.6) is 5.75 Å². The van der Waals surface area contributed by atoms with Crippen LogP contribution in [0.3, 0.4) is 0 Å². The van der Waals surface area contributed by atoms with Crippen LogP contribution in [0.4, 0.5) is 8.78 Å². The lowest BCUT2D eigenvalue weighted by Gasteiger charge is -2.26. The number of aryl methyl sites for hydroxylation is 1. The number of halogens is 3. The maximum absolute atomic E-state index is 13.1. The van der Waals surface area contributed by atoms with E-state index in [1.807, 2.05) is 13.0 Å². The average Bonchev–Trinajstić information content (AvgIpc) is 2.19. The van der Waals surface area contributed by atoms with E-state index in [0.29, 0.717) is 16.3 Å². The molecule has 1 nitrogen and oxygen atoms in total. The number of alkyl halides is 2. The Kier molecular flexibility index (Phi) is 2.59. The molecular formula is C11H11ClF2O. The van der Waals surface area contributed by atoms with Crippen molar-refractivity contribution in [2.45, 2.75) is 25.7 Å². The summed E-state index contributed by atoms with van der Waals surface area (Å²) in [6.07, 6.45) is 0.409. The molecule has 1 aliphatic rings. The smallest absolute Gasteiger partial charge is 0.285 e. The van der Waals surface area contributed by atoms with Crippen molar-refractivity contribution in [3.63, 3.8) is 0 Å². The van der Waals surface area contributed by atoms with E-state index < -0.39 is 12.5 Å². The number of rotatable bonds is 1. The second kappa shape index (κ2) is 3.63. The van der Waals surface area contributed by atoms with Gasteiger partial charge in [0.2, 0.25) is 0 Å². The first-order valence-electron chi connectivity index (χ1n) is 4.84. The molecule has 1 aromatic carbocycles. The molecule has 0 saturated carbocycles. The van der Waals surface area contributed by atoms with Crippen molar-refractivity contribution >= 4 is 11.6 Å². The van der Waals surface area contributed by atoms with E-state index in [1.165, 1.54) is 0 Å². The van der Waals surface area contributed by atoms with Gasteiger partial charge >= 0.3 is 0 Å². The Bertz CT molecular complexity index is 390. The topological polar surface area (TPSA) is 9.23 Å². The largest absolute Gasteiger partial charge is 0.487 e. The molecule has 82 valence electrons. The van der Waals surface area contributed by atoms with Crippen molar-refractivity contribution in [3.8, 4) is 5.75 Å². The Morgan fingerprint density at radius 1 is 1.47 bits per heavy atom. The molecule has 0 bridgehead atoms. The van der Waals surface area contributed by atoms with E-state index in [4.69, 9.17) is 16.3 Å². The van der Waals surface area contributed by atoms with Crippen LogP contribution in [0.25, 0.3) is 0 Å². The van der Waals surface area contributed by atoms with Crippen LogP contribution in [-0.4, -0.2) is 12.5 Å². The molecular weight excluding hydrogens is 222 g/mol. The van der Waals surface area contributed by atoms with Gasteiger partial charge in [0.25, 0.3) is 5.92 Å². The first kappa shape index (κ1) is 10.7. The molecule has 1 aliphatic heterocycles. The zero-order chi connectivity index (χ0) is 11.1. The van der Waals surface area contributed by atoms with Crippen LogP contribution in [0.1, 0.15) is 18.1 Å². The van der Waals surface area contributed by atoms with Gasteiger partial charge in [-0.05, 0) is 18.1 Å². The van der Waals surface area contributed by atoms with E-state index in [1.54, 1.807) is 6.07 Å². The second-order valence-electron chi connectivity index (χ2n) is 3.69. The summed E-state index contributed by atoms with van der Waals surface area (Å²) >= 11 is 6.04. The highest BCUT2D eigenvalue weighted by Gasteiger charge is 2.37. The van der Waals surface area contributed by atoms with E-state index in [9.17, 15) is 8.78 Å². The monoisotopic (exact) mass is 232 g/mol. The van der Waals surface area contributed by atoms with Crippen molar-refractivity contribution in [2.24, 2.45) is 0 Å². The molecule has 0 radical (unpaired) electrons. The van der Waals surface area contributed by atoms with Gasteiger partial charge in [-0.2, -0.15) is 0 Å². The fourth-order valence-corrected chi connectivity index (χ4v) is 2.07. The highest BCUT2D eigenvalue weighted by Crippen LogP contribution is 2.38. The van der Waals surface area contributed by atoms with Crippen molar-refractivity contribution in [1.82, 2.24) is 0 Å². The Balaban J connectivity index is 2.47. The van der Waals surface area contributed by atoms with E-state index >= 15 is 0 Å². The minimum Gasteiger partial charge on any atom is -0.487 e. The summed E-state index contributed by atoms with van der Waals surface area (Å²) < 4.78 is 31.2. The molecule has 0 aromatic heterocycles. The Labute approximate surface area is 92.0 Å². The zero-order valence-electron chi connectivity index (χ0n) is 8.32. The Morgan fingerprint density at radius 2 is 2.20 bits per heavy atom. The predicted molar refractivity (Wildman–Crippen MR) is 55.0 cm³/mol. The molecule has 2 rings (SSSR count). The minimum atomic E-state index is -2.80. The molecule has 0 N–H and O–H groups in total. The standard InChI is InChI=1S/C11H11ClF2O/c1-2-7-3-4-9-8(10(7)12)5-11(13,14)6-15-9/h3-4H,2,5-6H2,1H3. The summed E-state index contributed by atoms with van der Waals surface area (Å²) in [6, 6.07) is 3.54. The predicted octanol–water partition coefficient (Wildman–Crippen LogP) is 3.47. The summed E-state index contributed by atoms with van der Waals surface area (Å²) in [6.45, 7) is 1.39. The summed E-state index contributed by atoms with van der Waals surface area (Å²) in [7, 11) is 0. The zero-order valence-corrected chi connectivity index (χ0v) is 9.07. The molecule has 4 heteroatoms. The van der Waals surface area contributed by atoms with Gasteiger partial charge in [0.1, 0.15) is 5.75 Å². The Hall–Kier alpha value is -0.830. The number of hydrogen-bond donors (Lipinski definition) is 0. The number of benzene rings is 1. The highest BCUT2D eigenvalue weighted by atomic mass is 35.5. The lowest BCUT2D eigenvalue weighted by Crippen LogP contribution is -2.32. The van der Waals surface area contributed by atoms with Gasteiger partial charge in [-0.1, -0.05) is 24.6 Å². The molecule has 1 aromatic rings. The lowest BCUT2D eigenvalue weighted by atomic mass is 10.00. The molecule has 0 atom stereocenters. The molecule has 0 aliphatic carbocycles. The number of fused-ring (bicyclic) bond motifs is 1. The molecule has 0 fully saturated rings. The minimum absolute atomic E-state index is 0.324. The maximum Gasteiger partial charge on any atom is 0.285 e. The number of hydrogen-bond acceptors (Lipinski definition) is 1. The van der Waals surface area contributed by atoms with Crippen molar-refractivity contribution in [3.05, 3.63) is 28.3 Å². The third-order valence-electron chi connectivity index (χ3n) is 2.54. The molecule has 0 spiro atoms. The first-order chi connectivity index (χ1) is 7.03. The van der Waals surface area contributed by atoms with Crippen LogP contribution in [0, 0.1) is 0 Å². The van der Waals surface area contributed by atoms with Gasteiger partial charge in [0.15, 0.2) is 6.61 Å². The Morgan fingerprint density at radius 3 is 2.87 bits per heavy atom. The van der Waals surface area contributed by atoms with Gasteiger partial charge in [-0.15, -0.1) is 0 Å². The molecule has 0 amide bonds. The van der Waals surface area contributed by atoms with E-state index in [-0.39, 0.29) is 6.42 Å². The van der Waals surface area contributed by atoms with Crippen LogP contribution in [0.2, 0.25) is 5.02 Å². The van der Waals surface area contributed by atoms with Gasteiger partial charge in [-0.3, -0.25) is 0 Å². The van der Waals surface area contributed by atoms with Crippen molar-refractivity contribution in [1.29, 1.82) is 0 Å². The molecule has 0 unspecified atom stereocenters. The first-order valence-corrected chi connectivity index (χ1v) is 5.22. The SMILES string of the molecule is CCc1ccc2c(c1Cl)CC(F)(F)CO2. The third kappa shape index (κ3) is 1.93. The van der Waals surface area contributed by atoms with Gasteiger partial charge in [0, 0.05) is 12.0 Å². The lowest BCUT2D eigenvalue weighted by molar-refractivity contribution is -0.0514. The second-order valence-corrected chi connectivity index (χ2v) is 4.07. The summed E-state index contributed by atoms with van der Waals surface area (Å²) in [5, 5.41) is 0.425. The van der Waals surface area contributed by atoms with Crippen LogP contribution >= 0.6 is 11.6 Å². The van der Waals surface area contributed by atoms with Crippen LogP contribution in [0.15, 0.2) is 12.1 Å². The summed E-state index contributed by atoms with van der Waals surface area (Å²) in [4.78, 5) is 0. The fourth-order valence-electron chi connectivity index (χ4n) is 1.72. The molecule has 0 saturated heterocycles. The van der Waals surface area contributed by atoms with E-state index in [2.05, 4.69) is 0 Å². The maximum atomic E-state index is 13.1. The third-order valence-corrected chi connectivity index (χ3v) is 3.01. The summed E-state index contributed by atoms with van der Waals surface area (Å²) in [5.74, 6) is -2.31. The number of ether oxygens (including phenoxy) is 1. The molecule has 1 heterocycles. The van der Waals surface area contributed by atoms with Crippen LogP contribution < -0.4 is 4.74 Å². The normalized spacial score (nSPS) is 18.1. The highest BCUT2D eigenvalue weighted by molar-refractivity contribution is 6.32. The van der Waals surface area contributed by atoms with E-state index in [0.717, 1.165) is 12.0 Å². The molecule has 15 heavy (non-hydrogen) atoms. The quantitative estimate of drug-likeness (QED) is 0.721. The average molecular weight is 233 g/mol. The van der Waals surface area contributed by atoms with Crippen molar-refractivity contribution in [2.75, 3.05) is 6.61 Å². The fraction of sp³-hybridized carbons (Fsp3) is 0.455.